The molecular weight excluding hydrogens is 404 g/mol. The molecule has 112 valence electrons. The fraction of sp³-hybridized carbons (Fsp3) is 0.250. The van der Waals surface area contributed by atoms with E-state index in [4.69, 9.17) is 0 Å². The highest BCUT2D eigenvalue weighted by Gasteiger charge is 2.14. The molecule has 0 radical (unpaired) electrons. The fourth-order valence-electron chi connectivity index (χ4n) is 2.23. The highest BCUT2D eigenvalue weighted by atomic mass is 79.9. The van der Waals surface area contributed by atoms with E-state index in [1.807, 2.05) is 13.0 Å². The van der Waals surface area contributed by atoms with Gasteiger partial charge in [0.15, 0.2) is 0 Å². The summed E-state index contributed by atoms with van der Waals surface area (Å²) in [5.41, 5.74) is 1.85. The Morgan fingerprint density at radius 1 is 1.10 bits per heavy atom. The molecule has 0 heterocycles. The number of halogens is 4. The van der Waals surface area contributed by atoms with Gasteiger partial charge in [-0.25, -0.2) is 8.78 Å². The Bertz CT molecular complexity index is 611. The van der Waals surface area contributed by atoms with Crippen molar-refractivity contribution in [2.75, 3.05) is 6.54 Å². The van der Waals surface area contributed by atoms with Crippen LogP contribution in [0.25, 0.3) is 0 Å². The molecule has 0 saturated carbocycles. The number of rotatable bonds is 5. The van der Waals surface area contributed by atoms with Crippen LogP contribution in [0.3, 0.4) is 0 Å². The van der Waals surface area contributed by atoms with Crippen LogP contribution in [-0.2, 0) is 6.42 Å². The molecule has 0 bridgehead atoms. The summed E-state index contributed by atoms with van der Waals surface area (Å²) < 4.78 is 28.0. The number of hydrogen-bond donors (Lipinski definition) is 1. The first kappa shape index (κ1) is 16.6. The molecule has 1 nitrogen and oxygen atoms in total. The molecule has 2 rings (SSSR count). The molecule has 0 spiro atoms. The first-order valence-electron chi connectivity index (χ1n) is 6.63. The largest absolute Gasteiger partial charge is 0.310 e. The average molecular weight is 419 g/mol. The number of hydrogen-bond acceptors (Lipinski definition) is 1. The van der Waals surface area contributed by atoms with E-state index < -0.39 is 0 Å². The summed E-state index contributed by atoms with van der Waals surface area (Å²) in [5, 5.41) is 3.34. The standard InChI is InChI=1S/C16H15Br2F2N/c1-2-21-16(11-7-12(17)9-13(19)8-11)6-10-3-4-15(20)14(18)5-10/h3-5,7-9,16,21H,2,6H2,1H3. The van der Waals surface area contributed by atoms with Crippen molar-refractivity contribution in [2.45, 2.75) is 19.4 Å². The Hall–Kier alpha value is -0.780. The lowest BCUT2D eigenvalue weighted by molar-refractivity contribution is 0.541. The molecule has 0 amide bonds. The van der Waals surface area contributed by atoms with Gasteiger partial charge in [-0.1, -0.05) is 28.9 Å². The SMILES string of the molecule is CCNC(Cc1ccc(F)c(Br)c1)c1cc(F)cc(Br)c1. The van der Waals surface area contributed by atoms with Crippen LogP contribution >= 0.6 is 31.9 Å². The van der Waals surface area contributed by atoms with E-state index in [9.17, 15) is 8.78 Å². The summed E-state index contributed by atoms with van der Waals surface area (Å²) >= 11 is 6.51. The zero-order valence-electron chi connectivity index (χ0n) is 11.5. The van der Waals surface area contributed by atoms with Gasteiger partial charge in [0, 0.05) is 10.5 Å². The van der Waals surface area contributed by atoms with Crippen molar-refractivity contribution in [3.63, 3.8) is 0 Å². The van der Waals surface area contributed by atoms with E-state index in [0.717, 1.165) is 17.7 Å². The highest BCUT2D eigenvalue weighted by Crippen LogP contribution is 2.25. The lowest BCUT2D eigenvalue weighted by Gasteiger charge is -2.19. The topological polar surface area (TPSA) is 12.0 Å². The molecule has 21 heavy (non-hydrogen) atoms. The van der Waals surface area contributed by atoms with Gasteiger partial charge >= 0.3 is 0 Å². The maximum Gasteiger partial charge on any atom is 0.137 e. The fourth-order valence-corrected chi connectivity index (χ4v) is 3.14. The number of nitrogens with one attached hydrogen (secondary N) is 1. The van der Waals surface area contributed by atoms with E-state index in [1.165, 1.54) is 18.2 Å². The van der Waals surface area contributed by atoms with Gasteiger partial charge in [0.25, 0.3) is 0 Å². The van der Waals surface area contributed by atoms with Crippen molar-refractivity contribution in [3.05, 3.63) is 68.1 Å². The number of likely N-dealkylation sites (N-methyl/N-ethyl adjacent to an activating group) is 1. The summed E-state index contributed by atoms with van der Waals surface area (Å²) in [4.78, 5) is 0. The zero-order valence-corrected chi connectivity index (χ0v) is 14.6. The molecule has 1 atom stereocenters. The Labute approximate surface area is 140 Å². The molecule has 0 aliphatic heterocycles. The van der Waals surface area contributed by atoms with Crippen LogP contribution in [0.1, 0.15) is 24.1 Å². The molecule has 1 N–H and O–H groups in total. The van der Waals surface area contributed by atoms with Gasteiger partial charge in [-0.15, -0.1) is 0 Å². The Kier molecular flexibility index (Phi) is 5.90. The van der Waals surface area contributed by atoms with E-state index in [1.54, 1.807) is 12.1 Å². The first-order valence-corrected chi connectivity index (χ1v) is 8.21. The summed E-state index contributed by atoms with van der Waals surface area (Å²) in [5.74, 6) is -0.560. The van der Waals surface area contributed by atoms with Crippen LogP contribution in [0.5, 0.6) is 0 Å². The third-order valence-corrected chi connectivity index (χ3v) is 4.23. The second kappa shape index (κ2) is 7.47. The molecule has 2 aromatic carbocycles. The molecule has 0 saturated heterocycles. The van der Waals surface area contributed by atoms with Crippen molar-refractivity contribution >= 4 is 31.9 Å². The van der Waals surface area contributed by atoms with Crippen molar-refractivity contribution in [2.24, 2.45) is 0 Å². The third-order valence-electron chi connectivity index (χ3n) is 3.16. The zero-order chi connectivity index (χ0) is 15.4. The van der Waals surface area contributed by atoms with Gasteiger partial charge < -0.3 is 5.32 Å². The maximum atomic E-state index is 13.6. The molecule has 0 aliphatic carbocycles. The summed E-state index contributed by atoms with van der Waals surface area (Å²) in [6.45, 7) is 2.77. The van der Waals surface area contributed by atoms with Gasteiger partial charge in [-0.3, -0.25) is 0 Å². The Morgan fingerprint density at radius 3 is 2.48 bits per heavy atom. The smallest absolute Gasteiger partial charge is 0.137 e. The molecule has 5 heteroatoms. The monoisotopic (exact) mass is 417 g/mol. The minimum atomic E-state index is -0.285. The van der Waals surface area contributed by atoms with Gasteiger partial charge in [0.2, 0.25) is 0 Å². The van der Waals surface area contributed by atoms with Crippen LogP contribution in [-0.4, -0.2) is 6.54 Å². The van der Waals surface area contributed by atoms with Crippen LogP contribution in [0.2, 0.25) is 0 Å². The van der Waals surface area contributed by atoms with Crippen molar-refractivity contribution in [3.8, 4) is 0 Å². The van der Waals surface area contributed by atoms with Crippen LogP contribution in [0.15, 0.2) is 45.3 Å². The van der Waals surface area contributed by atoms with Crippen LogP contribution in [0, 0.1) is 11.6 Å². The van der Waals surface area contributed by atoms with Gasteiger partial charge in [-0.05, 0) is 70.4 Å². The summed E-state index contributed by atoms with van der Waals surface area (Å²) in [6.07, 6.45) is 0.655. The minimum absolute atomic E-state index is 0.0284. The average Bonchev–Trinajstić information content (AvgIpc) is 2.41. The first-order chi connectivity index (χ1) is 9.99. The Morgan fingerprint density at radius 2 is 1.86 bits per heavy atom. The lowest BCUT2D eigenvalue weighted by Crippen LogP contribution is -2.23. The molecule has 0 fully saturated rings. The lowest BCUT2D eigenvalue weighted by atomic mass is 9.98. The van der Waals surface area contributed by atoms with E-state index in [2.05, 4.69) is 37.2 Å². The van der Waals surface area contributed by atoms with Crippen molar-refractivity contribution in [1.29, 1.82) is 0 Å². The second-order valence-corrected chi connectivity index (χ2v) is 6.54. The van der Waals surface area contributed by atoms with Crippen molar-refractivity contribution < 1.29 is 8.78 Å². The molecule has 2 aromatic rings. The molecule has 1 unspecified atom stereocenters. The van der Waals surface area contributed by atoms with E-state index in [-0.39, 0.29) is 17.7 Å². The van der Waals surface area contributed by atoms with Crippen LogP contribution in [0.4, 0.5) is 8.78 Å². The van der Waals surface area contributed by atoms with Gasteiger partial charge in [0.05, 0.1) is 4.47 Å². The third kappa shape index (κ3) is 4.59. The summed E-state index contributed by atoms with van der Waals surface area (Å²) in [6, 6.07) is 9.77. The quantitative estimate of drug-likeness (QED) is 0.686. The second-order valence-electron chi connectivity index (χ2n) is 4.77. The maximum absolute atomic E-state index is 13.6. The van der Waals surface area contributed by atoms with Crippen LogP contribution < -0.4 is 5.32 Å². The van der Waals surface area contributed by atoms with Gasteiger partial charge in [0.1, 0.15) is 11.6 Å². The number of benzene rings is 2. The van der Waals surface area contributed by atoms with Crippen molar-refractivity contribution in [1.82, 2.24) is 5.32 Å². The molecule has 0 aromatic heterocycles. The molecule has 0 aliphatic rings. The predicted octanol–water partition coefficient (Wildman–Crippen LogP) is 5.38. The summed E-state index contributed by atoms with van der Waals surface area (Å²) in [7, 11) is 0. The van der Waals surface area contributed by atoms with E-state index in [0.29, 0.717) is 15.4 Å². The van der Waals surface area contributed by atoms with E-state index >= 15 is 0 Å². The predicted molar refractivity (Wildman–Crippen MR) is 88.3 cm³/mol. The normalized spacial score (nSPS) is 12.4. The Balaban J connectivity index is 2.27. The highest BCUT2D eigenvalue weighted by molar-refractivity contribution is 9.10. The van der Waals surface area contributed by atoms with Gasteiger partial charge in [-0.2, -0.15) is 0 Å². The minimum Gasteiger partial charge on any atom is -0.310 e. The molecular formula is C16H15Br2F2N.